The van der Waals surface area contributed by atoms with Gasteiger partial charge in [-0.1, -0.05) is 38.1 Å². The van der Waals surface area contributed by atoms with E-state index < -0.39 is 5.60 Å². The van der Waals surface area contributed by atoms with Crippen molar-refractivity contribution in [1.29, 1.82) is 0 Å². The average Bonchev–Trinajstić information content (AvgIpc) is 3.15. The molecule has 3 nitrogen and oxygen atoms in total. The second-order valence-corrected chi connectivity index (χ2v) is 11.0. The van der Waals surface area contributed by atoms with Crippen LogP contribution >= 0.6 is 0 Å². The van der Waals surface area contributed by atoms with E-state index in [9.17, 15) is 4.79 Å². The summed E-state index contributed by atoms with van der Waals surface area (Å²) in [5.41, 5.74) is 3.57. The van der Waals surface area contributed by atoms with Gasteiger partial charge in [0, 0.05) is 30.6 Å². The normalized spacial score (nSPS) is 38.5. The Bertz CT molecular complexity index is 1180. The average molecular weight is 428 g/mol. The van der Waals surface area contributed by atoms with Gasteiger partial charge in [-0.2, -0.15) is 0 Å². The monoisotopic (exact) mass is 427 g/mol. The second-order valence-electron chi connectivity index (χ2n) is 11.0. The smallest absolute Gasteiger partial charge is 0.136 e. The lowest BCUT2D eigenvalue weighted by Crippen LogP contribution is -2.57. The number of hydrogen-bond acceptors (Lipinski definition) is 3. The number of Topliss-reactive ketones (excluding diaryl/α,β-unsaturated/α-hetero) is 1. The van der Waals surface area contributed by atoms with Gasteiger partial charge in [0.1, 0.15) is 5.78 Å². The molecule has 2 saturated carbocycles. The first kappa shape index (κ1) is 20.4. The second kappa shape index (κ2) is 6.87. The Morgan fingerprint density at radius 2 is 2.00 bits per heavy atom. The van der Waals surface area contributed by atoms with Crippen LogP contribution in [0.15, 0.2) is 60.0 Å². The molecular weight excluding hydrogens is 394 g/mol. The molecule has 6 rings (SSSR count). The van der Waals surface area contributed by atoms with Crippen molar-refractivity contribution in [2.45, 2.75) is 82.8 Å². The topological polar surface area (TPSA) is 39.2 Å². The fraction of sp³-hybridized carbons (Fsp3) is 0.517. The minimum atomic E-state index is -0.396. The molecule has 32 heavy (non-hydrogen) atoms. The maximum Gasteiger partial charge on any atom is 0.136 e. The van der Waals surface area contributed by atoms with E-state index in [-0.39, 0.29) is 11.0 Å². The number of benzene rings is 1. The highest BCUT2D eigenvalue weighted by Gasteiger charge is 2.61. The molecule has 1 aromatic carbocycles. The fourth-order valence-corrected chi connectivity index (χ4v) is 7.70. The molecule has 3 heteroatoms. The molecule has 1 aromatic heterocycles. The molecule has 0 radical (unpaired) electrons. The molecule has 3 aliphatic carbocycles. The number of nitrogens with zero attached hydrogens (tertiary/aromatic N) is 1. The van der Waals surface area contributed by atoms with Crippen molar-refractivity contribution in [2.75, 3.05) is 0 Å². The van der Waals surface area contributed by atoms with Gasteiger partial charge >= 0.3 is 0 Å². The number of rotatable bonds is 2. The van der Waals surface area contributed by atoms with Crippen molar-refractivity contribution in [2.24, 2.45) is 11.3 Å². The van der Waals surface area contributed by atoms with Crippen molar-refractivity contribution in [3.05, 3.63) is 65.5 Å². The summed E-state index contributed by atoms with van der Waals surface area (Å²) >= 11 is 0. The first-order valence-electron chi connectivity index (χ1n) is 12.4. The molecule has 0 bridgehead atoms. The van der Waals surface area contributed by atoms with Gasteiger partial charge in [0.2, 0.25) is 0 Å². The highest BCUT2D eigenvalue weighted by atomic mass is 16.5. The Hall–Kier alpha value is -2.26. The van der Waals surface area contributed by atoms with E-state index in [1.807, 2.05) is 12.4 Å². The molecule has 0 N–H and O–H groups in total. The van der Waals surface area contributed by atoms with E-state index in [2.05, 4.69) is 62.2 Å². The molecule has 2 heterocycles. The maximum atomic E-state index is 12.5. The zero-order chi connectivity index (χ0) is 22.1. The minimum absolute atomic E-state index is 0.146. The number of pyridine rings is 1. The van der Waals surface area contributed by atoms with Crippen LogP contribution in [0.3, 0.4) is 0 Å². The number of ether oxygens (including phenoxy) is 1. The Balaban J connectivity index is 1.41. The van der Waals surface area contributed by atoms with E-state index in [1.54, 1.807) is 0 Å². The van der Waals surface area contributed by atoms with Crippen molar-refractivity contribution in [1.82, 2.24) is 4.98 Å². The third-order valence-corrected chi connectivity index (χ3v) is 9.45. The fourth-order valence-electron chi connectivity index (χ4n) is 7.70. The van der Waals surface area contributed by atoms with Crippen molar-refractivity contribution in [3.63, 3.8) is 0 Å². The Morgan fingerprint density at radius 1 is 1.12 bits per heavy atom. The summed E-state index contributed by atoms with van der Waals surface area (Å²) in [6.07, 6.45) is 15.1. The molecule has 0 amide bonds. The number of allylic oxidation sites excluding steroid dienone is 1. The van der Waals surface area contributed by atoms with Crippen LogP contribution in [0.4, 0.5) is 0 Å². The van der Waals surface area contributed by atoms with Crippen LogP contribution in [-0.2, 0) is 9.53 Å². The van der Waals surface area contributed by atoms with Gasteiger partial charge in [0.05, 0.1) is 11.2 Å². The summed E-state index contributed by atoms with van der Waals surface area (Å²) in [5.74, 6) is 1.31. The lowest BCUT2D eigenvalue weighted by Gasteiger charge is -2.57. The lowest BCUT2D eigenvalue weighted by molar-refractivity contribution is -0.176. The van der Waals surface area contributed by atoms with Gasteiger partial charge in [-0.25, -0.2) is 0 Å². The van der Waals surface area contributed by atoms with Gasteiger partial charge in [0.25, 0.3) is 0 Å². The van der Waals surface area contributed by atoms with E-state index in [0.29, 0.717) is 30.5 Å². The number of aromatic nitrogens is 1. The Morgan fingerprint density at radius 3 is 2.84 bits per heavy atom. The van der Waals surface area contributed by atoms with E-state index in [0.717, 1.165) is 25.7 Å². The Labute approximate surface area is 191 Å². The highest BCUT2D eigenvalue weighted by molar-refractivity contribution is 5.83. The van der Waals surface area contributed by atoms with Gasteiger partial charge in [-0.05, 0) is 90.5 Å². The van der Waals surface area contributed by atoms with Gasteiger partial charge in [0.15, 0.2) is 0 Å². The van der Waals surface area contributed by atoms with Crippen LogP contribution in [-0.4, -0.2) is 22.0 Å². The van der Waals surface area contributed by atoms with Crippen LogP contribution in [0.1, 0.15) is 77.2 Å². The molecular formula is C29H33NO2. The molecule has 4 aliphatic rings. The molecule has 1 aliphatic heterocycles. The van der Waals surface area contributed by atoms with Gasteiger partial charge < -0.3 is 4.74 Å². The van der Waals surface area contributed by atoms with Crippen LogP contribution in [0.2, 0.25) is 0 Å². The standard InChI is InChI=1S/C29H33NO2/c1-4-29-17-24(31)8-7-23(29)16-22-11-13-27(2)25(9-10-26(27)28(22,3)32-29)20-6-5-19-12-14-30-18-21(19)15-20/h5-6,11-12,14-16,18,25-26H,4,7-10,13,17H2,1-3H3/t25?,26?,27?,28-,29-/m1/s1. The number of carbonyl (C=O) groups is 1. The molecule has 2 aromatic rings. The quantitative estimate of drug-likeness (QED) is 0.536. The van der Waals surface area contributed by atoms with Crippen molar-refractivity contribution in [3.8, 4) is 0 Å². The maximum absolute atomic E-state index is 12.5. The molecule has 2 fully saturated rings. The molecule has 166 valence electrons. The van der Waals surface area contributed by atoms with Crippen molar-refractivity contribution < 1.29 is 9.53 Å². The van der Waals surface area contributed by atoms with Gasteiger partial charge in [-0.3, -0.25) is 9.78 Å². The molecule has 0 saturated heterocycles. The third kappa shape index (κ3) is 2.70. The van der Waals surface area contributed by atoms with Crippen LogP contribution in [0.25, 0.3) is 10.8 Å². The zero-order valence-electron chi connectivity index (χ0n) is 19.5. The molecule has 5 atom stereocenters. The molecule has 0 spiro atoms. The first-order chi connectivity index (χ1) is 15.4. The summed E-state index contributed by atoms with van der Waals surface area (Å²) in [5, 5.41) is 2.48. The Kier molecular flexibility index (Phi) is 4.37. The van der Waals surface area contributed by atoms with E-state index >= 15 is 0 Å². The SMILES string of the molecule is CC[C@@]12CC(=O)CCC1=CC1=CCC3(C)C(c4ccc5ccncc5c4)CCC3[C@]1(C)O2. The van der Waals surface area contributed by atoms with Crippen LogP contribution in [0.5, 0.6) is 0 Å². The predicted octanol–water partition coefficient (Wildman–Crippen LogP) is 6.68. The largest absolute Gasteiger partial charge is 0.359 e. The molecule has 3 unspecified atom stereocenters. The summed E-state index contributed by atoms with van der Waals surface area (Å²) in [6, 6.07) is 9.02. The van der Waals surface area contributed by atoms with Crippen LogP contribution in [0, 0.1) is 11.3 Å². The number of hydrogen-bond donors (Lipinski definition) is 0. The minimum Gasteiger partial charge on any atom is -0.359 e. The summed E-state index contributed by atoms with van der Waals surface area (Å²) in [7, 11) is 0. The number of ketones is 1. The first-order valence-corrected chi connectivity index (χ1v) is 12.4. The summed E-state index contributed by atoms with van der Waals surface area (Å²) < 4.78 is 7.16. The van der Waals surface area contributed by atoms with Gasteiger partial charge in [-0.15, -0.1) is 0 Å². The summed E-state index contributed by atoms with van der Waals surface area (Å²) in [4.78, 5) is 16.8. The number of carbonyl (C=O) groups excluding carboxylic acids is 1. The third-order valence-electron chi connectivity index (χ3n) is 9.45. The van der Waals surface area contributed by atoms with Crippen molar-refractivity contribution >= 4 is 16.6 Å². The zero-order valence-corrected chi connectivity index (χ0v) is 19.5. The highest BCUT2D eigenvalue weighted by Crippen LogP contribution is 2.65. The summed E-state index contributed by atoms with van der Waals surface area (Å²) in [6.45, 7) is 6.99. The predicted molar refractivity (Wildman–Crippen MR) is 127 cm³/mol. The lowest BCUT2D eigenvalue weighted by atomic mass is 9.57. The van der Waals surface area contributed by atoms with Crippen LogP contribution < -0.4 is 0 Å². The van der Waals surface area contributed by atoms with E-state index in [4.69, 9.17) is 4.74 Å². The number of fused-ring (bicyclic) bond motifs is 5. The van der Waals surface area contributed by atoms with E-state index in [1.165, 1.54) is 33.9 Å².